The summed E-state index contributed by atoms with van der Waals surface area (Å²) in [4.78, 5) is 27.6. The zero-order chi connectivity index (χ0) is 18.7. The summed E-state index contributed by atoms with van der Waals surface area (Å²) in [6, 6.07) is 9.29. The molecule has 1 atom stereocenters. The van der Waals surface area contributed by atoms with Crippen LogP contribution in [0.1, 0.15) is 41.7 Å². The van der Waals surface area contributed by atoms with Crippen LogP contribution >= 0.6 is 11.3 Å². The Labute approximate surface area is 154 Å². The van der Waals surface area contributed by atoms with E-state index in [0.717, 1.165) is 16.8 Å². The van der Waals surface area contributed by atoms with Gasteiger partial charge in [-0.05, 0) is 19.4 Å². The van der Waals surface area contributed by atoms with E-state index in [1.54, 1.807) is 13.0 Å². The Bertz CT molecular complexity index is 930. The number of anilines is 1. The molecule has 0 aliphatic carbocycles. The van der Waals surface area contributed by atoms with Crippen LogP contribution in [0.25, 0.3) is 11.3 Å². The highest BCUT2D eigenvalue weighted by atomic mass is 32.1. The maximum atomic E-state index is 12.1. The molecule has 0 spiro atoms. The second-order valence-corrected chi connectivity index (χ2v) is 6.73. The molecule has 0 radical (unpaired) electrons. The minimum atomic E-state index is -0.383. The molecule has 0 saturated carbocycles. The Morgan fingerprint density at radius 2 is 1.96 bits per heavy atom. The summed E-state index contributed by atoms with van der Waals surface area (Å²) >= 11 is 1.33. The highest BCUT2D eigenvalue weighted by Crippen LogP contribution is 2.26. The van der Waals surface area contributed by atoms with E-state index in [4.69, 9.17) is 4.52 Å². The number of rotatable bonds is 5. The summed E-state index contributed by atoms with van der Waals surface area (Å²) in [6.45, 7) is 5.17. The van der Waals surface area contributed by atoms with Gasteiger partial charge in [-0.2, -0.15) is 0 Å². The number of carbonyl (C=O) groups is 2. The number of hydrogen-bond acceptors (Lipinski definition) is 6. The normalized spacial score (nSPS) is 11.8. The Morgan fingerprint density at radius 1 is 1.23 bits per heavy atom. The van der Waals surface area contributed by atoms with E-state index in [-0.39, 0.29) is 23.6 Å². The summed E-state index contributed by atoms with van der Waals surface area (Å²) in [5, 5.41) is 11.6. The van der Waals surface area contributed by atoms with Gasteiger partial charge in [0.05, 0.1) is 17.4 Å². The van der Waals surface area contributed by atoms with Crippen molar-refractivity contribution in [3.05, 3.63) is 52.7 Å². The molecule has 1 aromatic carbocycles. The highest BCUT2D eigenvalue weighted by Gasteiger charge is 2.14. The van der Waals surface area contributed by atoms with Crippen LogP contribution in [0, 0.1) is 6.92 Å². The number of nitrogens with zero attached hydrogens (tertiary/aromatic N) is 2. The lowest BCUT2D eigenvalue weighted by Gasteiger charge is -2.12. The quantitative estimate of drug-likeness (QED) is 0.716. The number of benzene rings is 1. The van der Waals surface area contributed by atoms with Crippen LogP contribution in [0.3, 0.4) is 0 Å². The lowest BCUT2D eigenvalue weighted by molar-refractivity contribution is -0.119. The van der Waals surface area contributed by atoms with Gasteiger partial charge in [-0.1, -0.05) is 29.4 Å². The van der Waals surface area contributed by atoms with Gasteiger partial charge in [0.25, 0.3) is 5.91 Å². The third-order valence-electron chi connectivity index (χ3n) is 3.70. The van der Waals surface area contributed by atoms with Gasteiger partial charge in [0.2, 0.25) is 11.7 Å². The molecule has 2 amide bonds. The standard InChI is InChI=1S/C18H18N4O3S/c1-10-8-16(25-22-10)17(24)21-18-20-15(9-26-18)14-6-4-13(5-7-14)11(2)19-12(3)23/h4-9,11H,1-3H3,(H,19,23)(H,20,21,24)/t11-/m0/s1. The van der Waals surface area contributed by atoms with Crippen molar-refractivity contribution in [3.63, 3.8) is 0 Å². The zero-order valence-electron chi connectivity index (χ0n) is 14.6. The third kappa shape index (κ3) is 4.15. The van der Waals surface area contributed by atoms with Crippen LogP contribution in [0.2, 0.25) is 0 Å². The van der Waals surface area contributed by atoms with Crippen molar-refractivity contribution in [3.8, 4) is 11.3 Å². The molecule has 0 aliphatic heterocycles. The number of carbonyl (C=O) groups excluding carboxylic acids is 2. The van der Waals surface area contributed by atoms with Gasteiger partial charge in [-0.15, -0.1) is 11.3 Å². The Balaban J connectivity index is 1.69. The predicted octanol–water partition coefficient (Wildman–Crippen LogP) is 3.56. The van der Waals surface area contributed by atoms with Gasteiger partial charge in [0, 0.05) is 23.9 Å². The predicted molar refractivity (Wildman–Crippen MR) is 99.0 cm³/mol. The van der Waals surface area contributed by atoms with E-state index in [0.29, 0.717) is 10.8 Å². The van der Waals surface area contributed by atoms with Crippen LogP contribution in [0.4, 0.5) is 5.13 Å². The maximum absolute atomic E-state index is 12.1. The molecular weight excluding hydrogens is 352 g/mol. The smallest absolute Gasteiger partial charge is 0.296 e. The molecule has 7 nitrogen and oxygen atoms in total. The van der Waals surface area contributed by atoms with Crippen molar-refractivity contribution in [2.24, 2.45) is 0 Å². The average Bonchev–Trinajstić information content (AvgIpc) is 3.23. The van der Waals surface area contributed by atoms with Crippen molar-refractivity contribution in [1.82, 2.24) is 15.5 Å². The molecule has 0 unspecified atom stereocenters. The second-order valence-electron chi connectivity index (χ2n) is 5.87. The molecule has 3 aromatic rings. The molecule has 0 aliphatic rings. The largest absolute Gasteiger partial charge is 0.351 e. The van der Waals surface area contributed by atoms with Crippen molar-refractivity contribution in [2.45, 2.75) is 26.8 Å². The lowest BCUT2D eigenvalue weighted by atomic mass is 10.1. The maximum Gasteiger partial charge on any atom is 0.296 e. The summed E-state index contributed by atoms with van der Waals surface area (Å²) in [6.07, 6.45) is 0. The summed E-state index contributed by atoms with van der Waals surface area (Å²) in [5.74, 6) is -0.301. The summed E-state index contributed by atoms with van der Waals surface area (Å²) in [5.41, 5.74) is 3.34. The van der Waals surface area contributed by atoms with Crippen LogP contribution in [-0.2, 0) is 4.79 Å². The van der Waals surface area contributed by atoms with Crippen molar-refractivity contribution < 1.29 is 14.1 Å². The fraction of sp³-hybridized carbons (Fsp3) is 0.222. The first-order valence-corrected chi connectivity index (χ1v) is 8.88. The molecule has 0 saturated heterocycles. The van der Waals surface area contributed by atoms with E-state index in [1.807, 2.05) is 36.6 Å². The Kier molecular flexibility index (Phi) is 5.13. The van der Waals surface area contributed by atoms with Gasteiger partial charge in [0.15, 0.2) is 5.13 Å². The van der Waals surface area contributed by atoms with Crippen molar-refractivity contribution in [2.75, 3.05) is 5.32 Å². The number of hydrogen-bond donors (Lipinski definition) is 2. The van der Waals surface area contributed by atoms with Gasteiger partial charge in [0.1, 0.15) is 0 Å². The lowest BCUT2D eigenvalue weighted by Crippen LogP contribution is -2.23. The molecule has 2 N–H and O–H groups in total. The fourth-order valence-electron chi connectivity index (χ4n) is 2.42. The number of amides is 2. The van der Waals surface area contributed by atoms with Crippen molar-refractivity contribution in [1.29, 1.82) is 0 Å². The summed E-state index contributed by atoms with van der Waals surface area (Å²) < 4.78 is 4.94. The Hall–Kier alpha value is -3.00. The SMILES string of the molecule is CC(=O)N[C@@H](C)c1ccc(-c2csc(NC(=O)c3cc(C)no3)n2)cc1. The third-order valence-corrected chi connectivity index (χ3v) is 4.46. The van der Waals surface area contributed by atoms with E-state index in [1.165, 1.54) is 18.3 Å². The monoisotopic (exact) mass is 370 g/mol. The van der Waals surface area contributed by atoms with Gasteiger partial charge < -0.3 is 9.84 Å². The number of nitrogens with one attached hydrogen (secondary N) is 2. The first-order valence-electron chi connectivity index (χ1n) is 8.00. The number of thiazole rings is 1. The van der Waals surface area contributed by atoms with E-state index < -0.39 is 0 Å². The van der Waals surface area contributed by atoms with Gasteiger partial charge in [-0.25, -0.2) is 4.98 Å². The first-order chi connectivity index (χ1) is 12.4. The van der Waals surface area contributed by atoms with Gasteiger partial charge in [-0.3, -0.25) is 14.9 Å². The molecule has 0 bridgehead atoms. The number of aryl methyl sites for hydroxylation is 1. The summed E-state index contributed by atoms with van der Waals surface area (Å²) in [7, 11) is 0. The van der Waals surface area contributed by atoms with E-state index >= 15 is 0 Å². The van der Waals surface area contributed by atoms with Crippen LogP contribution < -0.4 is 10.6 Å². The Morgan fingerprint density at radius 3 is 2.58 bits per heavy atom. The minimum absolute atomic E-state index is 0.0582. The topological polar surface area (TPSA) is 97.1 Å². The van der Waals surface area contributed by atoms with E-state index in [2.05, 4.69) is 20.8 Å². The van der Waals surface area contributed by atoms with Crippen LogP contribution in [0.5, 0.6) is 0 Å². The van der Waals surface area contributed by atoms with Gasteiger partial charge >= 0.3 is 0 Å². The molecule has 134 valence electrons. The van der Waals surface area contributed by atoms with Crippen molar-refractivity contribution >= 4 is 28.3 Å². The fourth-order valence-corrected chi connectivity index (χ4v) is 3.14. The molecule has 8 heteroatoms. The molecule has 3 rings (SSSR count). The average molecular weight is 370 g/mol. The second kappa shape index (κ2) is 7.49. The van der Waals surface area contributed by atoms with Crippen LogP contribution in [-0.4, -0.2) is 22.0 Å². The zero-order valence-corrected chi connectivity index (χ0v) is 15.4. The molecule has 26 heavy (non-hydrogen) atoms. The molecular formula is C18H18N4O3S. The van der Waals surface area contributed by atoms with Crippen LogP contribution in [0.15, 0.2) is 40.2 Å². The molecule has 2 aromatic heterocycles. The number of aromatic nitrogens is 2. The highest BCUT2D eigenvalue weighted by molar-refractivity contribution is 7.14. The molecule has 0 fully saturated rings. The molecule has 2 heterocycles. The van der Waals surface area contributed by atoms with E-state index in [9.17, 15) is 9.59 Å². The first kappa shape index (κ1) is 17.8. The minimum Gasteiger partial charge on any atom is -0.351 e.